The van der Waals surface area contributed by atoms with E-state index in [1.165, 1.54) is 43.0 Å². The lowest BCUT2D eigenvalue weighted by molar-refractivity contribution is 0.0681. The number of hydrogen-bond acceptors (Lipinski definition) is 3. The number of aromatic nitrogens is 3. The zero-order chi connectivity index (χ0) is 10.7. The Morgan fingerprint density at radius 3 is 2.87 bits per heavy atom. The fourth-order valence-corrected chi connectivity index (χ4v) is 2.17. The summed E-state index contributed by atoms with van der Waals surface area (Å²) in [6, 6.07) is 0. The summed E-state index contributed by atoms with van der Waals surface area (Å²) < 4.78 is 1.51. The van der Waals surface area contributed by atoms with E-state index >= 15 is 0 Å². The van der Waals surface area contributed by atoms with Gasteiger partial charge in [-0.2, -0.15) is 0 Å². The van der Waals surface area contributed by atoms with Crippen LogP contribution in [0.3, 0.4) is 0 Å². The first-order valence-electron chi connectivity index (χ1n) is 5.39. The Bertz CT molecular complexity index is 342. The molecule has 0 saturated heterocycles. The van der Waals surface area contributed by atoms with E-state index in [1.807, 2.05) is 0 Å². The molecular formula is C10H15N3O2. The maximum absolute atomic E-state index is 10.8. The van der Waals surface area contributed by atoms with Gasteiger partial charge in [0.2, 0.25) is 0 Å². The molecule has 1 saturated carbocycles. The van der Waals surface area contributed by atoms with E-state index in [4.69, 9.17) is 5.11 Å². The van der Waals surface area contributed by atoms with Gasteiger partial charge in [-0.3, -0.25) is 0 Å². The first-order valence-corrected chi connectivity index (χ1v) is 5.39. The predicted octanol–water partition coefficient (Wildman–Crippen LogP) is 1.56. The molecule has 1 aromatic rings. The predicted molar refractivity (Wildman–Crippen MR) is 53.6 cm³/mol. The van der Waals surface area contributed by atoms with Crippen LogP contribution in [0.4, 0.5) is 0 Å². The molecule has 5 heteroatoms. The van der Waals surface area contributed by atoms with Crippen LogP contribution in [0.1, 0.15) is 42.6 Å². The van der Waals surface area contributed by atoms with Crippen LogP contribution in [-0.4, -0.2) is 26.1 Å². The van der Waals surface area contributed by atoms with E-state index in [-0.39, 0.29) is 5.69 Å². The molecule has 1 N–H and O–H groups in total. The number of carboxylic acid groups (broad SMARTS) is 1. The molecule has 1 aliphatic rings. The summed E-state index contributed by atoms with van der Waals surface area (Å²) in [5.41, 5.74) is 0.195. The maximum Gasteiger partial charge on any atom is 0.355 e. The van der Waals surface area contributed by atoms with Gasteiger partial charge in [0.05, 0.1) is 6.20 Å². The van der Waals surface area contributed by atoms with Crippen molar-refractivity contribution < 1.29 is 9.90 Å². The number of aromatic carboxylic acids is 1. The molecule has 0 amide bonds. The van der Waals surface area contributed by atoms with Crippen LogP contribution in [0.15, 0.2) is 6.20 Å². The Hall–Kier alpha value is -1.39. The summed E-state index contributed by atoms with van der Waals surface area (Å²) in [7, 11) is 0. The van der Waals surface area contributed by atoms with Crippen molar-refractivity contribution in [3.63, 3.8) is 0 Å². The van der Waals surface area contributed by atoms with E-state index in [0.29, 0.717) is 12.5 Å². The first-order chi connectivity index (χ1) is 7.27. The second kappa shape index (κ2) is 4.42. The van der Waals surface area contributed by atoms with Crippen LogP contribution in [0, 0.1) is 5.92 Å². The van der Waals surface area contributed by atoms with Gasteiger partial charge in [-0.05, 0) is 18.8 Å². The van der Waals surface area contributed by atoms with Crippen LogP contribution in [-0.2, 0) is 6.54 Å². The quantitative estimate of drug-likeness (QED) is 0.820. The highest BCUT2D eigenvalue weighted by molar-refractivity contribution is 5.85. The minimum atomic E-state index is -0.948. The topological polar surface area (TPSA) is 68.0 Å². The number of carbonyl (C=O) groups is 1. The second-order valence-corrected chi connectivity index (χ2v) is 4.11. The minimum Gasteiger partial charge on any atom is -0.476 e. The van der Waals surface area contributed by atoms with Gasteiger partial charge in [-0.1, -0.05) is 24.5 Å². The molecule has 1 aromatic heterocycles. The smallest absolute Gasteiger partial charge is 0.355 e. The molecule has 0 aromatic carbocycles. The van der Waals surface area contributed by atoms with Crippen molar-refractivity contribution in [3.05, 3.63) is 11.9 Å². The van der Waals surface area contributed by atoms with Crippen molar-refractivity contribution in [2.24, 2.45) is 5.92 Å². The molecule has 0 aliphatic heterocycles. The Kier molecular flexibility index (Phi) is 2.99. The van der Waals surface area contributed by atoms with Gasteiger partial charge in [-0.25, -0.2) is 9.48 Å². The van der Waals surface area contributed by atoms with Crippen LogP contribution < -0.4 is 0 Å². The summed E-state index contributed by atoms with van der Waals surface area (Å²) in [6.07, 6.45) is 7.48. The molecule has 15 heavy (non-hydrogen) atoms. The normalized spacial score (nSPS) is 17.9. The zero-order valence-corrected chi connectivity index (χ0v) is 8.59. The number of carboxylic acids is 1. The average Bonchev–Trinajstić information content (AvgIpc) is 2.67. The molecule has 1 aliphatic carbocycles. The Balaban J connectivity index is 2.03. The van der Waals surface area contributed by atoms with Gasteiger partial charge in [-0.15, -0.1) is 5.10 Å². The lowest BCUT2D eigenvalue weighted by atomic mass is 9.89. The second-order valence-electron chi connectivity index (χ2n) is 4.11. The van der Waals surface area contributed by atoms with E-state index in [1.54, 1.807) is 0 Å². The molecule has 0 bridgehead atoms. The zero-order valence-electron chi connectivity index (χ0n) is 8.59. The average molecular weight is 209 g/mol. The molecular weight excluding hydrogens is 194 g/mol. The Morgan fingerprint density at radius 1 is 1.47 bits per heavy atom. The number of hydrogen-bond donors (Lipinski definition) is 1. The van der Waals surface area contributed by atoms with Gasteiger partial charge in [0.1, 0.15) is 0 Å². The third-order valence-corrected chi connectivity index (χ3v) is 2.99. The number of nitrogens with zero attached hydrogens (tertiary/aromatic N) is 3. The van der Waals surface area contributed by atoms with Crippen LogP contribution >= 0.6 is 0 Å². The molecule has 2 rings (SSSR count). The van der Waals surface area contributed by atoms with Gasteiger partial charge in [0.25, 0.3) is 0 Å². The van der Waals surface area contributed by atoms with Crippen LogP contribution in [0.2, 0.25) is 0 Å². The monoisotopic (exact) mass is 209 g/mol. The van der Waals surface area contributed by atoms with Gasteiger partial charge < -0.3 is 5.11 Å². The van der Waals surface area contributed by atoms with E-state index in [2.05, 4.69) is 10.3 Å². The molecule has 1 heterocycles. The molecule has 0 radical (unpaired) electrons. The molecule has 0 unspecified atom stereocenters. The van der Waals surface area contributed by atoms with Gasteiger partial charge in [0, 0.05) is 6.54 Å². The van der Waals surface area contributed by atoms with Crippen molar-refractivity contribution in [2.75, 3.05) is 0 Å². The fourth-order valence-electron chi connectivity index (χ4n) is 2.17. The highest BCUT2D eigenvalue weighted by atomic mass is 16.4. The first kappa shape index (κ1) is 10.1. The van der Waals surface area contributed by atoms with E-state index in [9.17, 15) is 4.79 Å². The molecule has 0 atom stereocenters. The summed E-state index contributed by atoms with van der Waals surface area (Å²) >= 11 is 0. The van der Waals surface area contributed by atoms with Gasteiger partial charge >= 0.3 is 5.97 Å². The Labute approximate surface area is 88.1 Å². The summed E-state index contributed by atoms with van der Waals surface area (Å²) in [5, 5.41) is 16.3. The minimum absolute atomic E-state index is 0.195. The van der Waals surface area contributed by atoms with Crippen molar-refractivity contribution in [2.45, 2.75) is 38.6 Å². The summed E-state index contributed by atoms with van der Waals surface area (Å²) in [4.78, 5) is 10.8. The van der Waals surface area contributed by atoms with E-state index in [0.717, 1.165) is 0 Å². The lowest BCUT2D eigenvalue weighted by Gasteiger charge is -2.21. The SMILES string of the molecule is O=C(O)c1cnnn1CC1CCCCC1. The summed E-state index contributed by atoms with van der Waals surface area (Å²) in [6.45, 7) is 0.696. The van der Waals surface area contributed by atoms with Crippen molar-refractivity contribution in [1.29, 1.82) is 0 Å². The largest absolute Gasteiger partial charge is 0.476 e. The Morgan fingerprint density at radius 2 is 2.20 bits per heavy atom. The lowest BCUT2D eigenvalue weighted by Crippen LogP contribution is -2.18. The van der Waals surface area contributed by atoms with Crippen molar-refractivity contribution in [1.82, 2.24) is 15.0 Å². The summed E-state index contributed by atoms with van der Waals surface area (Å²) in [5.74, 6) is -0.380. The third-order valence-electron chi connectivity index (χ3n) is 2.99. The van der Waals surface area contributed by atoms with Crippen LogP contribution in [0.25, 0.3) is 0 Å². The fraction of sp³-hybridized carbons (Fsp3) is 0.700. The van der Waals surface area contributed by atoms with Gasteiger partial charge in [0.15, 0.2) is 5.69 Å². The number of rotatable bonds is 3. The molecule has 82 valence electrons. The van der Waals surface area contributed by atoms with E-state index < -0.39 is 5.97 Å². The van der Waals surface area contributed by atoms with Crippen LogP contribution in [0.5, 0.6) is 0 Å². The van der Waals surface area contributed by atoms with Crippen molar-refractivity contribution in [3.8, 4) is 0 Å². The third kappa shape index (κ3) is 2.34. The highest BCUT2D eigenvalue weighted by Crippen LogP contribution is 2.24. The highest BCUT2D eigenvalue weighted by Gasteiger charge is 2.18. The molecule has 5 nitrogen and oxygen atoms in total. The standard InChI is InChI=1S/C10H15N3O2/c14-10(15)9-6-11-12-13(9)7-8-4-2-1-3-5-8/h6,8H,1-5,7H2,(H,14,15). The van der Waals surface area contributed by atoms with Crippen molar-refractivity contribution >= 4 is 5.97 Å². The molecule has 1 fully saturated rings. The maximum atomic E-state index is 10.8. The molecule has 0 spiro atoms.